The number of rotatable bonds is 1. The van der Waals surface area contributed by atoms with Crippen molar-refractivity contribution in [3.8, 4) is 0 Å². The van der Waals surface area contributed by atoms with Crippen LogP contribution in [0, 0.1) is 0 Å². The third-order valence-electron chi connectivity index (χ3n) is 2.28. The predicted octanol–water partition coefficient (Wildman–Crippen LogP) is 0.295. The van der Waals surface area contributed by atoms with E-state index in [0.29, 0.717) is 11.7 Å². The van der Waals surface area contributed by atoms with Gasteiger partial charge in [0.25, 0.3) is 11.3 Å². The average molecular weight is 176 g/mol. The maximum Gasteiger partial charge on any atom is 0.274 e. The number of nitrogens with zero attached hydrogens (tertiary/aromatic N) is 3. The van der Waals surface area contributed by atoms with Crippen LogP contribution in [0.1, 0.15) is 24.5 Å². The van der Waals surface area contributed by atoms with Crippen molar-refractivity contribution in [2.75, 3.05) is 0 Å². The van der Waals surface area contributed by atoms with Crippen LogP contribution in [0.5, 0.6) is 0 Å². The maximum absolute atomic E-state index is 11.4. The van der Waals surface area contributed by atoms with Gasteiger partial charge in [-0.1, -0.05) is 0 Å². The van der Waals surface area contributed by atoms with Gasteiger partial charge in [-0.25, -0.2) is 9.97 Å². The average Bonchev–Trinajstić information content (AvgIpc) is 2.85. The lowest BCUT2D eigenvalue weighted by Gasteiger charge is -1.95. The van der Waals surface area contributed by atoms with Crippen LogP contribution in [0.3, 0.4) is 0 Å². The maximum atomic E-state index is 11.4. The van der Waals surface area contributed by atoms with Crippen molar-refractivity contribution in [3.63, 3.8) is 0 Å². The Hall–Kier alpha value is -1.65. The minimum atomic E-state index is -0.0793. The molecule has 1 saturated carbocycles. The van der Waals surface area contributed by atoms with Gasteiger partial charge >= 0.3 is 0 Å². The van der Waals surface area contributed by atoms with E-state index >= 15 is 0 Å². The molecule has 5 heteroatoms. The molecule has 0 saturated heterocycles. The number of fused-ring (bicyclic) bond motifs is 1. The normalized spacial score (nSPS) is 16.6. The van der Waals surface area contributed by atoms with Gasteiger partial charge in [-0.2, -0.15) is 4.52 Å². The molecule has 1 fully saturated rings. The predicted molar refractivity (Wildman–Crippen MR) is 45.6 cm³/mol. The summed E-state index contributed by atoms with van der Waals surface area (Å²) in [6, 6.07) is 1.59. The van der Waals surface area contributed by atoms with Crippen molar-refractivity contribution in [1.29, 1.82) is 0 Å². The quantitative estimate of drug-likeness (QED) is 0.679. The van der Waals surface area contributed by atoms with Crippen LogP contribution in [0.15, 0.2) is 17.2 Å². The van der Waals surface area contributed by atoms with E-state index in [2.05, 4.69) is 15.1 Å². The van der Waals surface area contributed by atoms with Crippen LogP contribution in [0.4, 0.5) is 0 Å². The molecular formula is C8H8N4O. The second-order valence-electron chi connectivity index (χ2n) is 3.32. The molecule has 5 nitrogen and oxygen atoms in total. The van der Waals surface area contributed by atoms with Crippen LogP contribution >= 0.6 is 0 Å². The fourth-order valence-corrected chi connectivity index (χ4v) is 1.43. The molecule has 3 rings (SSSR count). The van der Waals surface area contributed by atoms with Crippen molar-refractivity contribution in [1.82, 2.24) is 19.6 Å². The second kappa shape index (κ2) is 2.18. The summed E-state index contributed by atoms with van der Waals surface area (Å²) >= 11 is 0. The third kappa shape index (κ3) is 0.965. The summed E-state index contributed by atoms with van der Waals surface area (Å²) in [6.07, 6.45) is 3.76. The monoisotopic (exact) mass is 176 g/mol. The van der Waals surface area contributed by atoms with Crippen molar-refractivity contribution in [2.24, 2.45) is 0 Å². The molecule has 1 N–H and O–H groups in total. The molecule has 1 aliphatic carbocycles. The van der Waals surface area contributed by atoms with E-state index in [1.54, 1.807) is 6.07 Å². The van der Waals surface area contributed by atoms with Crippen LogP contribution in [0.2, 0.25) is 0 Å². The third-order valence-corrected chi connectivity index (χ3v) is 2.28. The van der Waals surface area contributed by atoms with E-state index in [1.807, 2.05) is 0 Å². The minimum Gasteiger partial charge on any atom is -0.278 e. The van der Waals surface area contributed by atoms with E-state index in [4.69, 9.17) is 0 Å². The van der Waals surface area contributed by atoms with Gasteiger partial charge in [-0.3, -0.25) is 9.89 Å². The zero-order valence-corrected chi connectivity index (χ0v) is 6.90. The molecule has 0 radical (unpaired) electrons. The molecule has 1 aliphatic rings. The molecular weight excluding hydrogens is 168 g/mol. The molecule has 0 bridgehead atoms. The van der Waals surface area contributed by atoms with Gasteiger partial charge in [0, 0.05) is 12.0 Å². The van der Waals surface area contributed by atoms with Gasteiger partial charge in [-0.05, 0) is 12.8 Å². The van der Waals surface area contributed by atoms with Crippen LogP contribution < -0.4 is 5.56 Å². The highest BCUT2D eigenvalue weighted by molar-refractivity contribution is 5.28. The molecule has 13 heavy (non-hydrogen) atoms. The highest BCUT2D eigenvalue weighted by Gasteiger charge is 2.26. The first-order chi connectivity index (χ1) is 6.34. The standard InChI is InChI=1S/C8H8N4O/c13-7-3-6(5-1-2-5)11-8-9-4-10-12(7)8/h3-5H,1-2H2,(H,9,10,11). The van der Waals surface area contributed by atoms with Gasteiger partial charge in [0.15, 0.2) is 0 Å². The molecule has 2 aromatic rings. The first-order valence-corrected chi connectivity index (χ1v) is 4.28. The Balaban J connectivity index is 2.33. The fraction of sp³-hybridized carbons (Fsp3) is 0.375. The topological polar surface area (TPSA) is 63.0 Å². The smallest absolute Gasteiger partial charge is 0.274 e. The molecule has 0 atom stereocenters. The Morgan fingerprint density at radius 3 is 3.15 bits per heavy atom. The SMILES string of the molecule is O=c1cc(C2CC2)nc2nc[nH]n12. The lowest BCUT2D eigenvalue weighted by atomic mass is 10.3. The number of hydrogen-bond acceptors (Lipinski definition) is 3. The molecule has 2 heterocycles. The second-order valence-corrected chi connectivity index (χ2v) is 3.32. The lowest BCUT2D eigenvalue weighted by Crippen LogP contribution is -2.15. The lowest BCUT2D eigenvalue weighted by molar-refractivity contribution is 0.871. The summed E-state index contributed by atoms with van der Waals surface area (Å²) in [6.45, 7) is 0. The zero-order valence-electron chi connectivity index (χ0n) is 6.90. The van der Waals surface area contributed by atoms with Gasteiger partial charge in [0.2, 0.25) is 0 Å². The summed E-state index contributed by atoms with van der Waals surface area (Å²) in [7, 11) is 0. The number of aromatic nitrogens is 4. The van der Waals surface area contributed by atoms with E-state index in [9.17, 15) is 4.79 Å². The summed E-state index contributed by atoms with van der Waals surface area (Å²) in [5, 5.41) is 2.70. The fourth-order valence-electron chi connectivity index (χ4n) is 1.43. The van der Waals surface area contributed by atoms with Crippen LogP contribution in [-0.2, 0) is 0 Å². The number of aromatic amines is 1. The van der Waals surface area contributed by atoms with Gasteiger partial charge in [0.05, 0.1) is 5.69 Å². The molecule has 0 spiro atoms. The molecule has 2 aromatic heterocycles. The Kier molecular flexibility index (Phi) is 1.15. The Morgan fingerprint density at radius 2 is 2.38 bits per heavy atom. The first kappa shape index (κ1) is 6.82. The first-order valence-electron chi connectivity index (χ1n) is 4.28. The number of hydrogen-bond donors (Lipinski definition) is 1. The van der Waals surface area contributed by atoms with Crippen molar-refractivity contribution in [2.45, 2.75) is 18.8 Å². The van der Waals surface area contributed by atoms with Crippen molar-refractivity contribution in [3.05, 3.63) is 28.4 Å². The highest BCUT2D eigenvalue weighted by Crippen LogP contribution is 2.38. The Labute approximate surface area is 73.4 Å². The summed E-state index contributed by atoms with van der Waals surface area (Å²) in [4.78, 5) is 19.7. The highest BCUT2D eigenvalue weighted by atomic mass is 16.1. The molecule has 0 aliphatic heterocycles. The van der Waals surface area contributed by atoms with Crippen molar-refractivity contribution < 1.29 is 0 Å². The molecule has 66 valence electrons. The van der Waals surface area contributed by atoms with Gasteiger partial charge in [0.1, 0.15) is 6.33 Å². The van der Waals surface area contributed by atoms with E-state index < -0.39 is 0 Å². The zero-order chi connectivity index (χ0) is 8.84. The van der Waals surface area contributed by atoms with Gasteiger partial charge < -0.3 is 0 Å². The van der Waals surface area contributed by atoms with Crippen LogP contribution in [0.25, 0.3) is 5.78 Å². The molecule has 0 unspecified atom stereocenters. The van der Waals surface area contributed by atoms with Crippen molar-refractivity contribution >= 4 is 5.78 Å². The molecule has 0 aromatic carbocycles. The number of nitrogens with one attached hydrogen (secondary N) is 1. The summed E-state index contributed by atoms with van der Waals surface area (Å²) in [5.74, 6) is 0.962. The summed E-state index contributed by atoms with van der Waals surface area (Å²) < 4.78 is 1.34. The minimum absolute atomic E-state index is 0.0793. The van der Waals surface area contributed by atoms with Gasteiger partial charge in [-0.15, -0.1) is 0 Å². The van der Waals surface area contributed by atoms with E-state index in [1.165, 1.54) is 10.8 Å². The van der Waals surface area contributed by atoms with E-state index in [0.717, 1.165) is 18.5 Å². The van der Waals surface area contributed by atoms with Crippen LogP contribution in [-0.4, -0.2) is 19.6 Å². The number of H-pyrrole nitrogens is 1. The molecule has 0 amide bonds. The van der Waals surface area contributed by atoms with E-state index in [-0.39, 0.29) is 5.56 Å². The summed E-state index contributed by atoms with van der Waals surface area (Å²) in [5.41, 5.74) is 0.807. The largest absolute Gasteiger partial charge is 0.278 e. The Bertz CT molecular complexity index is 508. The Morgan fingerprint density at radius 1 is 1.54 bits per heavy atom.